The van der Waals surface area contributed by atoms with Gasteiger partial charge in [-0.15, -0.1) is 0 Å². The van der Waals surface area contributed by atoms with E-state index < -0.39 is 26.0 Å². The molecule has 2 rings (SSSR count). The zero-order valence-electron chi connectivity index (χ0n) is 14.8. The second-order valence-corrected chi connectivity index (χ2v) is 9.45. The number of hydrogen-bond acceptors (Lipinski definition) is 5. The van der Waals surface area contributed by atoms with Gasteiger partial charge in [0, 0.05) is 18.2 Å². The molecule has 0 heterocycles. The van der Waals surface area contributed by atoms with Crippen LogP contribution in [-0.4, -0.2) is 28.8 Å². The van der Waals surface area contributed by atoms with Crippen LogP contribution >= 0.6 is 0 Å². The molecule has 0 fully saturated rings. The zero-order valence-corrected chi connectivity index (χ0v) is 16.5. The summed E-state index contributed by atoms with van der Waals surface area (Å²) < 4.78 is 49.3. The summed E-state index contributed by atoms with van der Waals surface area (Å²) in [6.07, 6.45) is 0. The molecule has 4 N–H and O–H groups in total. The zero-order chi connectivity index (χ0) is 20.2. The van der Waals surface area contributed by atoms with Crippen LogP contribution < -0.4 is 15.2 Å². The third-order valence-electron chi connectivity index (χ3n) is 3.50. The van der Waals surface area contributed by atoms with Crippen molar-refractivity contribution in [2.45, 2.75) is 36.2 Å². The van der Waals surface area contributed by atoms with E-state index in [0.717, 1.165) is 0 Å². The fourth-order valence-electron chi connectivity index (χ4n) is 2.26. The van der Waals surface area contributed by atoms with Gasteiger partial charge in [-0.1, -0.05) is 18.2 Å². The Bertz CT molecular complexity index is 1030. The Morgan fingerprint density at radius 3 is 2.19 bits per heavy atom. The van der Waals surface area contributed by atoms with E-state index in [0.29, 0.717) is 5.56 Å². The Morgan fingerprint density at radius 2 is 1.63 bits per heavy atom. The van der Waals surface area contributed by atoms with Crippen molar-refractivity contribution in [1.82, 2.24) is 10.0 Å². The van der Waals surface area contributed by atoms with Crippen LogP contribution in [0.15, 0.2) is 58.3 Å². The van der Waals surface area contributed by atoms with E-state index in [9.17, 15) is 21.6 Å². The highest BCUT2D eigenvalue weighted by Gasteiger charge is 2.17. The predicted molar refractivity (Wildman–Crippen MR) is 101 cm³/mol. The molecule has 0 aliphatic heterocycles. The van der Waals surface area contributed by atoms with Crippen molar-refractivity contribution in [3.63, 3.8) is 0 Å². The first kappa shape index (κ1) is 21.0. The van der Waals surface area contributed by atoms with Gasteiger partial charge in [0.2, 0.25) is 20.0 Å². The predicted octanol–water partition coefficient (Wildman–Crippen LogP) is 0.951. The molecule has 0 atom stereocenters. The minimum absolute atomic E-state index is 0.00125. The number of amides is 1. The van der Waals surface area contributed by atoms with Gasteiger partial charge in [0.15, 0.2) is 0 Å². The molecule has 0 saturated heterocycles. The van der Waals surface area contributed by atoms with Crippen molar-refractivity contribution in [3.8, 4) is 0 Å². The summed E-state index contributed by atoms with van der Waals surface area (Å²) >= 11 is 0. The van der Waals surface area contributed by atoms with Crippen molar-refractivity contribution >= 4 is 26.0 Å². The lowest BCUT2D eigenvalue weighted by atomic mass is 10.2. The second-order valence-electron chi connectivity index (χ2n) is 6.18. The molecule has 0 aromatic heterocycles. The Kier molecular flexibility index (Phi) is 6.37. The lowest BCUT2D eigenvalue weighted by Gasteiger charge is -2.11. The van der Waals surface area contributed by atoms with Crippen molar-refractivity contribution in [2.75, 3.05) is 0 Å². The van der Waals surface area contributed by atoms with Crippen LogP contribution in [0.1, 0.15) is 29.8 Å². The number of nitrogens with one attached hydrogen (secondary N) is 2. The number of sulfonamides is 2. The van der Waals surface area contributed by atoms with Gasteiger partial charge in [-0.2, -0.15) is 0 Å². The molecule has 0 bridgehead atoms. The van der Waals surface area contributed by atoms with E-state index in [2.05, 4.69) is 10.0 Å². The first-order chi connectivity index (χ1) is 12.5. The summed E-state index contributed by atoms with van der Waals surface area (Å²) in [6.45, 7) is 3.55. The summed E-state index contributed by atoms with van der Waals surface area (Å²) in [7, 11) is -7.47. The molecular weight excluding hydrogens is 390 g/mol. The molecule has 0 aliphatic rings. The summed E-state index contributed by atoms with van der Waals surface area (Å²) in [6, 6.07) is 11.2. The Labute approximate surface area is 158 Å². The second kappa shape index (κ2) is 8.17. The summed E-state index contributed by atoms with van der Waals surface area (Å²) in [4.78, 5) is 12.3. The number of hydrogen-bond donors (Lipinski definition) is 3. The standard InChI is InChI=1S/C17H21N3O5S2/c1-12(2)20-27(24,25)16-5-3-4-14(10-16)17(21)19-11-13-6-8-15(9-7-13)26(18,22)23/h3-10,12,20H,11H2,1-2H3,(H,19,21)(H2,18,22,23). The topological polar surface area (TPSA) is 135 Å². The molecule has 2 aromatic rings. The van der Waals surface area contributed by atoms with Crippen LogP contribution in [0.3, 0.4) is 0 Å². The van der Waals surface area contributed by atoms with E-state index >= 15 is 0 Å². The van der Waals surface area contributed by atoms with Crippen LogP contribution in [0, 0.1) is 0 Å². The van der Waals surface area contributed by atoms with Crippen LogP contribution in [0.4, 0.5) is 0 Å². The third kappa shape index (κ3) is 5.86. The van der Waals surface area contributed by atoms with Crippen molar-refractivity contribution < 1.29 is 21.6 Å². The minimum atomic E-state index is -3.77. The lowest BCUT2D eigenvalue weighted by molar-refractivity contribution is 0.0950. The third-order valence-corrected chi connectivity index (χ3v) is 6.09. The fourth-order valence-corrected chi connectivity index (χ4v) is 4.08. The van der Waals surface area contributed by atoms with Crippen LogP contribution in [0.5, 0.6) is 0 Å². The summed E-state index contributed by atoms with van der Waals surface area (Å²) in [5, 5.41) is 7.69. The van der Waals surface area contributed by atoms with Gasteiger partial charge >= 0.3 is 0 Å². The number of primary sulfonamides is 1. The van der Waals surface area contributed by atoms with Gasteiger partial charge in [-0.25, -0.2) is 26.7 Å². The minimum Gasteiger partial charge on any atom is -0.348 e. The van der Waals surface area contributed by atoms with Gasteiger partial charge in [0.1, 0.15) is 0 Å². The first-order valence-corrected chi connectivity index (χ1v) is 11.0. The summed E-state index contributed by atoms with van der Waals surface area (Å²) in [5.74, 6) is -0.452. The normalized spacial score (nSPS) is 12.1. The molecule has 1 amide bonds. The molecule has 146 valence electrons. The first-order valence-electron chi connectivity index (χ1n) is 8.01. The highest BCUT2D eigenvalue weighted by atomic mass is 32.2. The van der Waals surface area contributed by atoms with Crippen LogP contribution in [0.25, 0.3) is 0 Å². The number of rotatable bonds is 7. The van der Waals surface area contributed by atoms with Crippen molar-refractivity contribution in [3.05, 3.63) is 59.7 Å². The maximum atomic E-state index is 12.3. The van der Waals surface area contributed by atoms with Gasteiger partial charge in [-0.3, -0.25) is 4.79 Å². The fraction of sp³-hybridized carbons (Fsp3) is 0.235. The average Bonchev–Trinajstić information content (AvgIpc) is 2.58. The Balaban J connectivity index is 2.09. The quantitative estimate of drug-likeness (QED) is 0.623. The van der Waals surface area contributed by atoms with Gasteiger partial charge in [0.05, 0.1) is 9.79 Å². The highest BCUT2D eigenvalue weighted by molar-refractivity contribution is 7.89. The maximum Gasteiger partial charge on any atom is 0.251 e. The molecule has 2 aromatic carbocycles. The number of carbonyl (C=O) groups excluding carboxylic acids is 1. The summed E-state index contributed by atoms with van der Waals surface area (Å²) in [5.41, 5.74) is 0.865. The maximum absolute atomic E-state index is 12.3. The van der Waals surface area contributed by atoms with E-state index in [1.165, 1.54) is 48.5 Å². The number of carbonyl (C=O) groups is 1. The monoisotopic (exact) mass is 411 g/mol. The van der Waals surface area contributed by atoms with Crippen LogP contribution in [0.2, 0.25) is 0 Å². The largest absolute Gasteiger partial charge is 0.348 e. The smallest absolute Gasteiger partial charge is 0.251 e. The van der Waals surface area contributed by atoms with E-state index in [-0.39, 0.29) is 27.9 Å². The van der Waals surface area contributed by atoms with E-state index in [1.807, 2.05) is 0 Å². The molecule has 10 heteroatoms. The van der Waals surface area contributed by atoms with E-state index in [1.54, 1.807) is 13.8 Å². The molecule has 0 spiro atoms. The van der Waals surface area contributed by atoms with E-state index in [4.69, 9.17) is 5.14 Å². The lowest BCUT2D eigenvalue weighted by Crippen LogP contribution is -2.30. The number of benzene rings is 2. The molecule has 0 unspecified atom stereocenters. The Hall–Kier alpha value is -2.27. The Morgan fingerprint density at radius 1 is 1.00 bits per heavy atom. The SMILES string of the molecule is CC(C)NS(=O)(=O)c1cccc(C(=O)NCc2ccc(S(N)(=O)=O)cc2)c1. The molecular formula is C17H21N3O5S2. The molecule has 0 aliphatic carbocycles. The average molecular weight is 412 g/mol. The molecule has 27 heavy (non-hydrogen) atoms. The van der Waals surface area contributed by atoms with Crippen molar-refractivity contribution in [1.29, 1.82) is 0 Å². The van der Waals surface area contributed by atoms with Gasteiger partial charge < -0.3 is 5.32 Å². The van der Waals surface area contributed by atoms with Crippen LogP contribution in [-0.2, 0) is 26.6 Å². The van der Waals surface area contributed by atoms with Crippen molar-refractivity contribution in [2.24, 2.45) is 5.14 Å². The number of nitrogens with two attached hydrogens (primary N) is 1. The molecule has 0 saturated carbocycles. The van der Waals surface area contributed by atoms with Gasteiger partial charge in [0.25, 0.3) is 5.91 Å². The van der Waals surface area contributed by atoms with Gasteiger partial charge in [-0.05, 0) is 49.7 Å². The molecule has 8 nitrogen and oxygen atoms in total. The molecule has 0 radical (unpaired) electrons. The highest BCUT2D eigenvalue weighted by Crippen LogP contribution is 2.13.